The predicted molar refractivity (Wildman–Crippen MR) is 121 cm³/mol. The van der Waals surface area contributed by atoms with E-state index in [0.717, 1.165) is 16.6 Å². The Labute approximate surface area is 176 Å². The quantitative estimate of drug-likeness (QED) is 0.454. The second kappa shape index (κ2) is 8.87. The van der Waals surface area contributed by atoms with Crippen molar-refractivity contribution in [2.75, 3.05) is 13.2 Å². The second-order valence-electron chi connectivity index (χ2n) is 7.59. The van der Waals surface area contributed by atoms with Gasteiger partial charge in [0.1, 0.15) is 5.75 Å². The molecule has 4 rings (SSSR count). The minimum Gasteiger partial charge on any atom is -0.484 e. The lowest BCUT2D eigenvalue weighted by molar-refractivity contribution is -0.123. The van der Waals surface area contributed by atoms with Gasteiger partial charge in [0.2, 0.25) is 0 Å². The number of fused-ring (bicyclic) bond motifs is 1. The van der Waals surface area contributed by atoms with Crippen LogP contribution >= 0.6 is 0 Å². The summed E-state index contributed by atoms with van der Waals surface area (Å²) >= 11 is 0. The zero-order chi connectivity index (χ0) is 20.9. The van der Waals surface area contributed by atoms with Crippen molar-refractivity contribution in [3.05, 3.63) is 101 Å². The molecule has 4 aromatic rings. The molecule has 0 spiro atoms. The Hall–Kier alpha value is -3.53. The molecule has 0 radical (unpaired) electrons. The van der Waals surface area contributed by atoms with Gasteiger partial charge in [-0.05, 0) is 54.3 Å². The largest absolute Gasteiger partial charge is 0.484 e. The molecule has 0 saturated heterocycles. The third-order valence-electron chi connectivity index (χ3n) is 5.55. The van der Waals surface area contributed by atoms with E-state index in [1.807, 2.05) is 61.7 Å². The maximum atomic E-state index is 12.5. The minimum atomic E-state index is -0.131. The Balaban J connectivity index is 1.47. The molecule has 1 atom stereocenters. The number of amides is 1. The Bertz CT molecular complexity index is 1150. The van der Waals surface area contributed by atoms with E-state index in [-0.39, 0.29) is 18.4 Å². The summed E-state index contributed by atoms with van der Waals surface area (Å²) in [5.41, 5.74) is 5.79. The number of aromatic amines is 1. The van der Waals surface area contributed by atoms with Crippen molar-refractivity contribution in [2.24, 2.45) is 0 Å². The minimum absolute atomic E-state index is 0.00209. The Morgan fingerprint density at radius 2 is 1.73 bits per heavy atom. The highest BCUT2D eigenvalue weighted by atomic mass is 16.5. The summed E-state index contributed by atoms with van der Waals surface area (Å²) in [6, 6.07) is 24.4. The van der Waals surface area contributed by atoms with Gasteiger partial charge in [-0.2, -0.15) is 0 Å². The van der Waals surface area contributed by atoms with Crippen LogP contribution in [-0.4, -0.2) is 24.0 Å². The number of ether oxygens (including phenoxy) is 1. The molecule has 1 aromatic heterocycles. The fourth-order valence-corrected chi connectivity index (χ4v) is 3.69. The molecule has 2 N–H and O–H groups in total. The summed E-state index contributed by atoms with van der Waals surface area (Å²) in [5.74, 6) is 0.631. The third-order valence-corrected chi connectivity index (χ3v) is 5.55. The molecule has 0 saturated carbocycles. The van der Waals surface area contributed by atoms with E-state index >= 15 is 0 Å². The van der Waals surface area contributed by atoms with Crippen LogP contribution in [0.1, 0.15) is 28.2 Å². The number of hydrogen-bond donors (Lipinski definition) is 2. The molecule has 30 heavy (non-hydrogen) atoms. The van der Waals surface area contributed by atoms with Crippen LogP contribution in [0.5, 0.6) is 5.75 Å². The molecule has 1 heterocycles. The molecular weight excluding hydrogens is 372 g/mol. The second-order valence-corrected chi connectivity index (χ2v) is 7.59. The number of rotatable bonds is 7. The van der Waals surface area contributed by atoms with Crippen LogP contribution in [0.25, 0.3) is 10.9 Å². The van der Waals surface area contributed by atoms with Crippen LogP contribution in [0.15, 0.2) is 79.0 Å². The average Bonchev–Trinajstić information content (AvgIpc) is 3.19. The van der Waals surface area contributed by atoms with Crippen LogP contribution in [0.2, 0.25) is 0 Å². The number of carbonyl (C=O) groups is 1. The van der Waals surface area contributed by atoms with E-state index in [4.69, 9.17) is 4.74 Å². The van der Waals surface area contributed by atoms with Crippen LogP contribution in [0.3, 0.4) is 0 Å². The summed E-state index contributed by atoms with van der Waals surface area (Å²) in [4.78, 5) is 15.8. The monoisotopic (exact) mass is 398 g/mol. The molecule has 152 valence electrons. The van der Waals surface area contributed by atoms with E-state index in [1.54, 1.807) is 0 Å². The lowest BCUT2D eigenvalue weighted by Crippen LogP contribution is -2.32. The molecule has 3 aromatic carbocycles. The maximum absolute atomic E-state index is 12.5. The summed E-state index contributed by atoms with van der Waals surface area (Å²) in [5, 5.41) is 4.23. The molecule has 1 amide bonds. The van der Waals surface area contributed by atoms with Crippen molar-refractivity contribution >= 4 is 16.8 Å². The number of nitrogens with one attached hydrogen (secondary N) is 2. The summed E-state index contributed by atoms with van der Waals surface area (Å²) in [7, 11) is 0. The summed E-state index contributed by atoms with van der Waals surface area (Å²) in [6.45, 7) is 4.59. The van der Waals surface area contributed by atoms with Crippen molar-refractivity contribution in [2.45, 2.75) is 19.8 Å². The first kappa shape index (κ1) is 19.8. The van der Waals surface area contributed by atoms with Gasteiger partial charge in [-0.25, -0.2) is 0 Å². The first-order chi connectivity index (χ1) is 14.6. The van der Waals surface area contributed by atoms with E-state index in [1.165, 1.54) is 16.5 Å². The number of H-pyrrole nitrogens is 1. The van der Waals surface area contributed by atoms with Crippen LogP contribution < -0.4 is 10.1 Å². The number of aromatic nitrogens is 1. The average molecular weight is 399 g/mol. The zero-order valence-corrected chi connectivity index (χ0v) is 17.3. The normalized spacial score (nSPS) is 11.9. The van der Waals surface area contributed by atoms with Gasteiger partial charge in [0, 0.05) is 29.6 Å². The highest BCUT2D eigenvalue weighted by molar-refractivity contribution is 5.84. The SMILES string of the molecule is Cc1ccc(OCC(=O)NCC(c2ccccc2)c2c[nH]c3ccccc23)cc1C. The Morgan fingerprint density at radius 1 is 0.967 bits per heavy atom. The summed E-state index contributed by atoms with van der Waals surface area (Å²) < 4.78 is 5.68. The smallest absolute Gasteiger partial charge is 0.257 e. The molecule has 0 aliphatic carbocycles. The van der Waals surface area contributed by atoms with Crippen LogP contribution in [0, 0.1) is 13.8 Å². The fourth-order valence-electron chi connectivity index (χ4n) is 3.69. The summed E-state index contributed by atoms with van der Waals surface area (Å²) in [6.07, 6.45) is 2.04. The lowest BCUT2D eigenvalue weighted by Gasteiger charge is -2.18. The number of hydrogen-bond acceptors (Lipinski definition) is 2. The van der Waals surface area contributed by atoms with Crippen molar-refractivity contribution in [1.82, 2.24) is 10.3 Å². The lowest BCUT2D eigenvalue weighted by atomic mass is 9.91. The van der Waals surface area contributed by atoms with E-state index < -0.39 is 0 Å². The highest BCUT2D eigenvalue weighted by Crippen LogP contribution is 2.30. The number of benzene rings is 3. The third kappa shape index (κ3) is 4.38. The van der Waals surface area contributed by atoms with Crippen molar-refractivity contribution in [3.63, 3.8) is 0 Å². The zero-order valence-electron chi connectivity index (χ0n) is 17.3. The highest BCUT2D eigenvalue weighted by Gasteiger charge is 2.19. The van der Waals surface area contributed by atoms with Crippen molar-refractivity contribution < 1.29 is 9.53 Å². The predicted octanol–water partition coefficient (Wildman–Crippen LogP) is 5.11. The molecule has 0 fully saturated rings. The molecule has 0 bridgehead atoms. The molecule has 0 aliphatic heterocycles. The molecular formula is C26H26N2O2. The van der Waals surface area contributed by atoms with Crippen LogP contribution in [-0.2, 0) is 4.79 Å². The van der Waals surface area contributed by atoms with Gasteiger partial charge in [0.05, 0.1) is 0 Å². The molecule has 4 heteroatoms. The Kier molecular flexibility index (Phi) is 5.84. The van der Waals surface area contributed by atoms with E-state index in [0.29, 0.717) is 12.3 Å². The van der Waals surface area contributed by atoms with Crippen molar-refractivity contribution in [3.8, 4) is 5.75 Å². The number of carbonyl (C=O) groups excluding carboxylic acids is 1. The van der Waals surface area contributed by atoms with E-state index in [2.05, 4.69) is 41.5 Å². The molecule has 0 aliphatic rings. The van der Waals surface area contributed by atoms with Gasteiger partial charge in [-0.15, -0.1) is 0 Å². The van der Waals surface area contributed by atoms with E-state index in [9.17, 15) is 4.79 Å². The van der Waals surface area contributed by atoms with Gasteiger partial charge in [0.25, 0.3) is 5.91 Å². The van der Waals surface area contributed by atoms with Gasteiger partial charge in [0.15, 0.2) is 6.61 Å². The first-order valence-electron chi connectivity index (χ1n) is 10.2. The molecule has 1 unspecified atom stereocenters. The van der Waals surface area contributed by atoms with Gasteiger partial charge < -0.3 is 15.0 Å². The fraction of sp³-hybridized carbons (Fsp3) is 0.192. The van der Waals surface area contributed by atoms with Crippen molar-refractivity contribution in [1.29, 1.82) is 0 Å². The topological polar surface area (TPSA) is 54.1 Å². The standard InChI is InChI=1S/C26H26N2O2/c1-18-12-13-21(14-19(18)2)30-17-26(29)28-15-23(20-8-4-3-5-9-20)24-16-27-25-11-7-6-10-22(24)25/h3-14,16,23,27H,15,17H2,1-2H3,(H,28,29). The Morgan fingerprint density at radius 3 is 2.53 bits per heavy atom. The van der Waals surface area contributed by atoms with Gasteiger partial charge in [-0.1, -0.05) is 54.6 Å². The maximum Gasteiger partial charge on any atom is 0.257 e. The van der Waals surface area contributed by atoms with Gasteiger partial charge in [-0.3, -0.25) is 4.79 Å². The number of aryl methyl sites for hydroxylation is 2. The van der Waals surface area contributed by atoms with Crippen LogP contribution in [0.4, 0.5) is 0 Å². The first-order valence-corrected chi connectivity index (χ1v) is 10.2. The van der Waals surface area contributed by atoms with Gasteiger partial charge >= 0.3 is 0 Å². The number of para-hydroxylation sites is 1. The molecule has 4 nitrogen and oxygen atoms in total.